The van der Waals surface area contributed by atoms with E-state index < -0.39 is 25.8 Å². The van der Waals surface area contributed by atoms with E-state index >= 15 is 0 Å². The Morgan fingerprint density at radius 3 is 1.08 bits per heavy atom. The zero-order valence-corrected chi connectivity index (χ0v) is 17.5. The van der Waals surface area contributed by atoms with Crippen LogP contribution in [0.5, 0.6) is 0 Å². The minimum Gasteiger partial charge on any atom is -0.328 e. The summed E-state index contributed by atoms with van der Waals surface area (Å²) in [7, 11) is -7.38. The van der Waals surface area contributed by atoms with Crippen molar-refractivity contribution in [2.45, 2.75) is 77.6 Å². The molecule has 0 aliphatic heterocycles. The maximum absolute atomic E-state index is 8.51. The van der Waals surface area contributed by atoms with Gasteiger partial charge in [0, 0.05) is 0 Å². The molecule has 0 amide bonds. The van der Waals surface area contributed by atoms with Crippen molar-refractivity contribution in [3.63, 3.8) is 0 Å². The molecule has 156 valence electrons. The average Bonchev–Trinajstić information content (AvgIpc) is 2.47. The first kappa shape index (κ1) is 30.7. The Kier molecular flexibility index (Phi) is 33.3. The molecule has 25 heavy (non-hydrogen) atoms. The van der Waals surface area contributed by atoms with Crippen molar-refractivity contribution in [2.24, 2.45) is 0 Å². The van der Waals surface area contributed by atoms with Crippen LogP contribution in [0, 0.1) is 0 Å². The van der Waals surface area contributed by atoms with Gasteiger partial charge in [-0.15, -0.1) is 0 Å². The van der Waals surface area contributed by atoms with Gasteiger partial charge in [-0.25, -0.2) is 0 Å². The topological polar surface area (TPSA) is 171 Å². The van der Waals surface area contributed by atoms with E-state index in [0.29, 0.717) is 6.61 Å². The molecule has 0 radical (unpaired) electrons. The highest BCUT2D eigenvalue weighted by Crippen LogP contribution is 2.24. The maximum atomic E-state index is 8.51. The van der Waals surface area contributed by atoms with Crippen molar-refractivity contribution in [1.29, 1.82) is 0 Å². The zero-order chi connectivity index (χ0) is 19.9. The Morgan fingerprint density at radius 2 is 0.800 bits per heavy atom. The molecule has 0 aromatic rings. The molecular formula is C13H35O9P3. The van der Waals surface area contributed by atoms with E-state index in [9.17, 15) is 0 Å². The van der Waals surface area contributed by atoms with Crippen LogP contribution in [0.2, 0.25) is 0 Å². The molecule has 0 saturated carbocycles. The van der Waals surface area contributed by atoms with Crippen LogP contribution in [0.3, 0.4) is 0 Å². The molecule has 12 heteroatoms. The predicted octanol–water partition coefficient (Wildman–Crippen LogP) is 2.91. The van der Waals surface area contributed by atoms with E-state index in [1.807, 2.05) is 0 Å². The molecule has 0 spiro atoms. The monoisotopic (exact) mass is 428 g/mol. The molecular weight excluding hydrogens is 393 g/mol. The van der Waals surface area contributed by atoms with E-state index in [1.165, 1.54) is 57.8 Å². The smallest absolute Gasteiger partial charge is 0.327 e. The summed E-state index contributed by atoms with van der Waals surface area (Å²) in [5.41, 5.74) is 0. The normalized spacial score (nSPS) is 10.6. The summed E-state index contributed by atoms with van der Waals surface area (Å²) < 4.78 is 4.70. The fourth-order valence-electron chi connectivity index (χ4n) is 1.91. The molecule has 0 atom stereocenters. The molecule has 0 aromatic carbocycles. The van der Waals surface area contributed by atoms with Crippen LogP contribution in [-0.4, -0.2) is 45.8 Å². The SMILES string of the molecule is CCCCCCCCCCCCCOP(O)O.OP(O)O.OP(O)O. The third kappa shape index (κ3) is 58.8. The molecule has 0 saturated heterocycles. The van der Waals surface area contributed by atoms with Crippen molar-refractivity contribution in [1.82, 2.24) is 0 Å². The van der Waals surface area contributed by atoms with E-state index in [2.05, 4.69) is 6.92 Å². The highest BCUT2D eigenvalue weighted by atomic mass is 31.2. The third-order valence-corrected chi connectivity index (χ3v) is 3.37. The van der Waals surface area contributed by atoms with Crippen LogP contribution in [0.25, 0.3) is 0 Å². The molecule has 0 fully saturated rings. The predicted molar refractivity (Wildman–Crippen MR) is 101 cm³/mol. The molecule has 0 unspecified atom stereocenters. The molecule has 9 nitrogen and oxygen atoms in total. The first-order valence-corrected chi connectivity index (χ1v) is 11.8. The quantitative estimate of drug-likeness (QED) is 0.162. The van der Waals surface area contributed by atoms with Gasteiger partial charge in [0.2, 0.25) is 0 Å². The van der Waals surface area contributed by atoms with E-state index in [-0.39, 0.29) is 0 Å². The van der Waals surface area contributed by atoms with Gasteiger partial charge in [-0.05, 0) is 6.42 Å². The van der Waals surface area contributed by atoms with Crippen molar-refractivity contribution < 1.29 is 43.7 Å². The second-order valence-corrected chi connectivity index (χ2v) is 7.00. The Balaban J connectivity index is -0.000000503. The molecule has 0 bridgehead atoms. The maximum Gasteiger partial charge on any atom is 0.327 e. The van der Waals surface area contributed by atoms with Gasteiger partial charge in [0.25, 0.3) is 0 Å². The zero-order valence-electron chi connectivity index (χ0n) is 14.8. The van der Waals surface area contributed by atoms with E-state index in [1.54, 1.807) is 0 Å². The van der Waals surface area contributed by atoms with E-state index in [4.69, 9.17) is 43.7 Å². The lowest BCUT2D eigenvalue weighted by Crippen LogP contribution is -1.89. The number of rotatable bonds is 13. The summed E-state index contributed by atoms with van der Waals surface area (Å²) >= 11 is 0. The van der Waals surface area contributed by atoms with Gasteiger partial charge in [0.1, 0.15) is 0 Å². The summed E-state index contributed by atoms with van der Waals surface area (Å²) in [5, 5.41) is 0. The third-order valence-electron chi connectivity index (χ3n) is 2.95. The Bertz CT molecular complexity index is 213. The second-order valence-electron chi connectivity index (χ2n) is 5.16. The minimum atomic E-state index is -2.62. The molecule has 8 N–H and O–H groups in total. The Hall–Kier alpha value is 0.930. The lowest BCUT2D eigenvalue weighted by atomic mass is 10.1. The fourth-order valence-corrected chi connectivity index (χ4v) is 2.20. The minimum absolute atomic E-state index is 0.482. The standard InChI is InChI=1S/C13H29O3P.2H3O3P/c1-2-3-4-5-6-7-8-9-10-11-12-13-16-17(14)15;2*1-4(2)3/h14-15H,2-13H2,1H3;2*1-3H. The van der Waals surface area contributed by atoms with Crippen LogP contribution in [0.15, 0.2) is 0 Å². The summed E-state index contributed by atoms with van der Waals surface area (Å²) in [5.74, 6) is 0. The second kappa shape index (κ2) is 27.2. The van der Waals surface area contributed by atoms with Gasteiger partial charge < -0.3 is 43.7 Å². The van der Waals surface area contributed by atoms with Crippen LogP contribution in [-0.2, 0) is 4.52 Å². The highest BCUT2D eigenvalue weighted by molar-refractivity contribution is 7.39. The summed E-state index contributed by atoms with van der Waals surface area (Å²) in [6.07, 6.45) is 14.3. The lowest BCUT2D eigenvalue weighted by Gasteiger charge is -2.04. The van der Waals surface area contributed by atoms with Gasteiger partial charge >= 0.3 is 25.8 Å². The van der Waals surface area contributed by atoms with Crippen molar-refractivity contribution >= 4 is 25.8 Å². The van der Waals surface area contributed by atoms with Crippen molar-refractivity contribution in [2.75, 3.05) is 6.61 Å². The Labute approximate surface area is 154 Å². The van der Waals surface area contributed by atoms with Gasteiger partial charge in [-0.1, -0.05) is 71.1 Å². The van der Waals surface area contributed by atoms with Gasteiger partial charge in [-0.2, -0.15) is 0 Å². The molecule has 0 heterocycles. The number of hydrogen-bond donors (Lipinski definition) is 8. The summed E-state index contributed by atoms with van der Waals surface area (Å²) in [6, 6.07) is 0. The molecule has 0 aliphatic carbocycles. The first-order valence-electron chi connectivity index (χ1n) is 8.28. The van der Waals surface area contributed by atoms with Gasteiger partial charge in [0.15, 0.2) is 0 Å². The molecule has 0 aromatic heterocycles. The fraction of sp³-hybridized carbons (Fsp3) is 1.00. The largest absolute Gasteiger partial charge is 0.328 e. The molecule has 0 rings (SSSR count). The van der Waals surface area contributed by atoms with Crippen LogP contribution < -0.4 is 0 Å². The summed E-state index contributed by atoms with van der Waals surface area (Å²) in [6.45, 7) is 2.73. The first-order chi connectivity index (χ1) is 11.7. The van der Waals surface area contributed by atoms with Crippen LogP contribution >= 0.6 is 25.8 Å². The van der Waals surface area contributed by atoms with E-state index in [0.717, 1.165) is 12.8 Å². The van der Waals surface area contributed by atoms with Crippen molar-refractivity contribution in [3.8, 4) is 0 Å². The highest BCUT2D eigenvalue weighted by Gasteiger charge is 1.98. The van der Waals surface area contributed by atoms with Gasteiger partial charge in [0.05, 0.1) is 6.61 Å². The van der Waals surface area contributed by atoms with Crippen LogP contribution in [0.1, 0.15) is 77.6 Å². The Morgan fingerprint density at radius 1 is 0.520 bits per heavy atom. The summed E-state index contributed by atoms with van der Waals surface area (Å²) in [4.78, 5) is 60.4. The van der Waals surface area contributed by atoms with Crippen LogP contribution in [0.4, 0.5) is 0 Å². The number of hydrogen-bond acceptors (Lipinski definition) is 9. The van der Waals surface area contributed by atoms with Gasteiger partial charge in [-0.3, -0.25) is 0 Å². The molecule has 0 aliphatic rings. The average molecular weight is 428 g/mol. The lowest BCUT2D eigenvalue weighted by molar-refractivity contribution is 0.248. The number of unbranched alkanes of at least 4 members (excludes halogenated alkanes) is 10. The van der Waals surface area contributed by atoms with Crippen molar-refractivity contribution in [3.05, 3.63) is 0 Å².